The normalized spacial score (nSPS) is 14.6. The molecule has 2 N–H and O–H groups in total. The van der Waals surface area contributed by atoms with Gasteiger partial charge in [-0.1, -0.05) is 0 Å². The first kappa shape index (κ1) is 23.3. The molecule has 0 spiro atoms. The lowest BCUT2D eigenvalue weighted by Crippen LogP contribution is -2.54. The van der Waals surface area contributed by atoms with Gasteiger partial charge < -0.3 is 25.2 Å². The Morgan fingerprint density at radius 1 is 1.22 bits per heavy atom. The lowest BCUT2D eigenvalue weighted by atomic mass is 10.2. The maximum atomic E-state index is 13.9. The van der Waals surface area contributed by atoms with Gasteiger partial charge in [0.2, 0.25) is 5.91 Å². The van der Waals surface area contributed by atoms with Crippen LogP contribution in [0.15, 0.2) is 23.2 Å². The van der Waals surface area contributed by atoms with Crippen LogP contribution in [0.3, 0.4) is 0 Å². The van der Waals surface area contributed by atoms with Crippen LogP contribution < -0.4 is 15.5 Å². The molecule has 1 aliphatic rings. The van der Waals surface area contributed by atoms with Crippen molar-refractivity contribution in [2.45, 2.75) is 0 Å². The van der Waals surface area contributed by atoms with Crippen molar-refractivity contribution in [2.75, 3.05) is 64.9 Å². The molecule has 0 aromatic heterocycles. The fraction of sp³-hybridized carbons (Fsp3) is 0.529. The number of anilines is 1. The van der Waals surface area contributed by atoms with E-state index >= 15 is 0 Å². The van der Waals surface area contributed by atoms with Gasteiger partial charge in [0.25, 0.3) is 0 Å². The van der Waals surface area contributed by atoms with E-state index in [2.05, 4.69) is 15.6 Å². The second-order valence-corrected chi connectivity index (χ2v) is 5.81. The Labute approximate surface area is 175 Å². The summed E-state index contributed by atoms with van der Waals surface area (Å²) in [7, 11) is 3.21. The lowest BCUT2D eigenvalue weighted by Gasteiger charge is -2.37. The first-order valence-corrected chi connectivity index (χ1v) is 8.46. The van der Waals surface area contributed by atoms with Crippen LogP contribution in [0, 0.1) is 11.6 Å². The van der Waals surface area contributed by atoms with Crippen LogP contribution in [0.4, 0.5) is 14.5 Å². The van der Waals surface area contributed by atoms with Gasteiger partial charge in [0.05, 0.1) is 18.8 Å². The highest BCUT2D eigenvalue weighted by molar-refractivity contribution is 14.0. The molecular formula is C17H26F2IN5O2. The molecule has 1 aromatic rings. The summed E-state index contributed by atoms with van der Waals surface area (Å²) < 4.78 is 32.1. The van der Waals surface area contributed by atoms with Gasteiger partial charge in [-0.25, -0.2) is 8.78 Å². The van der Waals surface area contributed by atoms with E-state index in [0.717, 1.165) is 12.1 Å². The number of hydrogen-bond acceptors (Lipinski definition) is 4. The van der Waals surface area contributed by atoms with Crippen LogP contribution in [-0.4, -0.2) is 76.8 Å². The quantitative estimate of drug-likeness (QED) is 0.266. The molecule has 0 saturated carbocycles. The van der Waals surface area contributed by atoms with Gasteiger partial charge in [-0.3, -0.25) is 9.79 Å². The summed E-state index contributed by atoms with van der Waals surface area (Å²) in [6, 6.07) is 3.46. The Hall–Kier alpha value is -1.69. The van der Waals surface area contributed by atoms with E-state index in [1.54, 1.807) is 19.1 Å². The highest BCUT2D eigenvalue weighted by Gasteiger charge is 2.22. The number of nitrogens with one attached hydrogen (secondary N) is 2. The third-order valence-electron chi connectivity index (χ3n) is 4.08. The molecule has 1 heterocycles. The number of methoxy groups -OCH3 is 1. The molecule has 1 fully saturated rings. The molecule has 0 bridgehead atoms. The number of nitrogens with zero attached hydrogens (tertiary/aromatic N) is 3. The number of guanidine groups is 1. The molecule has 152 valence electrons. The van der Waals surface area contributed by atoms with Gasteiger partial charge in [0.15, 0.2) is 5.96 Å². The van der Waals surface area contributed by atoms with Gasteiger partial charge in [0, 0.05) is 52.9 Å². The van der Waals surface area contributed by atoms with Crippen molar-refractivity contribution < 1.29 is 18.3 Å². The second kappa shape index (κ2) is 11.9. The molecule has 0 atom stereocenters. The van der Waals surface area contributed by atoms with Gasteiger partial charge in [-0.05, 0) is 12.1 Å². The van der Waals surface area contributed by atoms with E-state index in [-0.39, 0.29) is 42.1 Å². The van der Waals surface area contributed by atoms with Crippen LogP contribution >= 0.6 is 24.0 Å². The zero-order chi connectivity index (χ0) is 18.9. The molecule has 1 saturated heterocycles. The van der Waals surface area contributed by atoms with E-state index in [9.17, 15) is 13.6 Å². The minimum Gasteiger partial charge on any atom is -0.383 e. The summed E-state index contributed by atoms with van der Waals surface area (Å²) >= 11 is 0. The second-order valence-electron chi connectivity index (χ2n) is 5.81. The minimum absolute atomic E-state index is 0. The van der Waals surface area contributed by atoms with Crippen molar-refractivity contribution in [1.29, 1.82) is 0 Å². The number of benzene rings is 1. The number of carbonyl (C=O) groups is 1. The van der Waals surface area contributed by atoms with Crippen molar-refractivity contribution in [3.8, 4) is 0 Å². The van der Waals surface area contributed by atoms with Gasteiger partial charge in [0.1, 0.15) is 11.6 Å². The van der Waals surface area contributed by atoms with Crippen molar-refractivity contribution in [2.24, 2.45) is 4.99 Å². The highest BCUT2D eigenvalue weighted by Crippen LogP contribution is 2.21. The summed E-state index contributed by atoms with van der Waals surface area (Å²) in [5.74, 6) is -0.439. The zero-order valence-electron chi connectivity index (χ0n) is 15.5. The molecule has 10 heteroatoms. The molecule has 0 radical (unpaired) electrons. The highest BCUT2D eigenvalue weighted by atomic mass is 127. The van der Waals surface area contributed by atoms with Crippen LogP contribution in [0.5, 0.6) is 0 Å². The molecule has 1 aliphatic heterocycles. The smallest absolute Gasteiger partial charge is 0.239 e. The molecule has 27 heavy (non-hydrogen) atoms. The van der Waals surface area contributed by atoms with Crippen molar-refractivity contribution in [3.63, 3.8) is 0 Å². The predicted octanol–water partition coefficient (Wildman–Crippen LogP) is 1.04. The maximum Gasteiger partial charge on any atom is 0.239 e. The Balaban J connectivity index is 0.00000364. The monoisotopic (exact) mass is 497 g/mol. The topological polar surface area (TPSA) is 69.2 Å². The third kappa shape index (κ3) is 7.09. The number of carbonyl (C=O) groups excluding carboxylic acids is 1. The summed E-state index contributed by atoms with van der Waals surface area (Å²) in [4.78, 5) is 19.7. The fourth-order valence-electron chi connectivity index (χ4n) is 2.73. The summed E-state index contributed by atoms with van der Waals surface area (Å²) in [5.41, 5.74) is 0.269. The molecule has 1 amide bonds. The lowest BCUT2D eigenvalue weighted by molar-refractivity contribution is -0.120. The number of aliphatic imine (C=N–C) groups is 1. The van der Waals surface area contributed by atoms with E-state index in [4.69, 9.17) is 4.74 Å². The zero-order valence-corrected chi connectivity index (χ0v) is 17.8. The van der Waals surface area contributed by atoms with Crippen LogP contribution in [-0.2, 0) is 9.53 Å². The number of ether oxygens (including phenoxy) is 1. The first-order valence-electron chi connectivity index (χ1n) is 8.46. The molecular weight excluding hydrogens is 471 g/mol. The number of piperazine rings is 1. The SMILES string of the molecule is CN=C(NCC(=O)NCCOC)N1CCN(c2cc(F)ccc2F)CC1.I. The molecule has 0 unspecified atom stereocenters. The number of hydrogen-bond donors (Lipinski definition) is 2. The summed E-state index contributed by atoms with van der Waals surface area (Å²) in [6.07, 6.45) is 0. The van der Waals surface area contributed by atoms with E-state index < -0.39 is 11.6 Å². The molecule has 1 aromatic carbocycles. The molecule has 7 nitrogen and oxygen atoms in total. The average Bonchev–Trinajstić information content (AvgIpc) is 2.65. The Bertz CT molecular complexity index is 640. The van der Waals surface area contributed by atoms with Crippen molar-refractivity contribution >= 4 is 41.5 Å². The first-order chi connectivity index (χ1) is 12.5. The van der Waals surface area contributed by atoms with Crippen molar-refractivity contribution in [3.05, 3.63) is 29.8 Å². The Morgan fingerprint density at radius 3 is 2.56 bits per heavy atom. The largest absolute Gasteiger partial charge is 0.383 e. The van der Waals surface area contributed by atoms with Crippen LogP contribution in [0.25, 0.3) is 0 Å². The van der Waals surface area contributed by atoms with E-state index in [1.807, 2.05) is 4.90 Å². The van der Waals surface area contributed by atoms with Gasteiger partial charge in [-0.15, -0.1) is 24.0 Å². The van der Waals surface area contributed by atoms with Crippen LogP contribution in [0.2, 0.25) is 0 Å². The summed E-state index contributed by atoms with van der Waals surface area (Å²) in [6.45, 7) is 3.24. The van der Waals surface area contributed by atoms with E-state index in [0.29, 0.717) is 45.3 Å². The number of amides is 1. The molecule has 0 aliphatic carbocycles. The maximum absolute atomic E-state index is 13.9. The molecule has 2 rings (SSSR count). The Kier molecular flexibility index (Phi) is 10.3. The number of rotatable bonds is 6. The van der Waals surface area contributed by atoms with Gasteiger partial charge in [-0.2, -0.15) is 0 Å². The van der Waals surface area contributed by atoms with Crippen LogP contribution in [0.1, 0.15) is 0 Å². The Morgan fingerprint density at radius 2 is 1.93 bits per heavy atom. The minimum atomic E-state index is -0.458. The van der Waals surface area contributed by atoms with E-state index in [1.165, 1.54) is 6.07 Å². The number of halogens is 3. The third-order valence-corrected chi connectivity index (χ3v) is 4.08. The standard InChI is InChI=1S/C17H25F2N5O2.HI/c1-20-17(22-12-16(25)21-5-10-26-2)24-8-6-23(7-9-24)15-11-13(18)3-4-14(15)19;/h3-4,11H,5-10,12H2,1-2H3,(H,20,22)(H,21,25);1H. The van der Waals surface area contributed by atoms with Gasteiger partial charge >= 0.3 is 0 Å². The fourth-order valence-corrected chi connectivity index (χ4v) is 2.73. The average molecular weight is 497 g/mol. The van der Waals surface area contributed by atoms with Crippen molar-refractivity contribution in [1.82, 2.24) is 15.5 Å². The predicted molar refractivity (Wildman–Crippen MR) is 112 cm³/mol. The summed E-state index contributed by atoms with van der Waals surface area (Å²) in [5, 5.41) is 5.73.